The number of H-pyrrole nitrogens is 1. The summed E-state index contributed by atoms with van der Waals surface area (Å²) < 4.78 is 7.72. The summed E-state index contributed by atoms with van der Waals surface area (Å²) in [5, 5.41) is 13.4. The highest BCUT2D eigenvalue weighted by Gasteiger charge is 2.21. The number of hydrogen-bond donors (Lipinski definition) is 1. The van der Waals surface area contributed by atoms with Gasteiger partial charge in [0, 0.05) is 29.7 Å². The van der Waals surface area contributed by atoms with Gasteiger partial charge >= 0.3 is 0 Å². The molecule has 138 valence electrons. The molecule has 1 fully saturated rings. The molecule has 1 aromatic carbocycles. The lowest BCUT2D eigenvalue weighted by Gasteiger charge is -2.33. The smallest absolute Gasteiger partial charge is 0.154 e. The number of nitrogens with zero attached hydrogens (tertiary/aromatic N) is 5. The van der Waals surface area contributed by atoms with Gasteiger partial charge in [-0.1, -0.05) is 13.0 Å². The van der Waals surface area contributed by atoms with Crippen LogP contribution in [0.3, 0.4) is 0 Å². The fourth-order valence-corrected chi connectivity index (χ4v) is 3.70. The molecule has 5 rings (SSSR count). The predicted molar refractivity (Wildman–Crippen MR) is 105 cm³/mol. The van der Waals surface area contributed by atoms with Gasteiger partial charge < -0.3 is 9.64 Å². The van der Waals surface area contributed by atoms with Crippen molar-refractivity contribution in [3.8, 4) is 11.3 Å². The van der Waals surface area contributed by atoms with Crippen molar-refractivity contribution >= 4 is 22.4 Å². The normalized spacial score (nSPS) is 17.9. The Bertz CT molecular complexity index is 1110. The van der Waals surface area contributed by atoms with Gasteiger partial charge in [-0.3, -0.25) is 5.10 Å². The first-order chi connectivity index (χ1) is 13.2. The Balaban J connectivity index is 1.57. The molecule has 0 radical (unpaired) electrons. The summed E-state index contributed by atoms with van der Waals surface area (Å²) in [6.45, 7) is 6.67. The molecule has 1 saturated heterocycles. The monoisotopic (exact) mass is 362 g/mol. The van der Waals surface area contributed by atoms with Crippen molar-refractivity contribution < 1.29 is 4.74 Å². The van der Waals surface area contributed by atoms with Gasteiger partial charge in [-0.05, 0) is 37.6 Å². The van der Waals surface area contributed by atoms with Crippen molar-refractivity contribution in [3.63, 3.8) is 0 Å². The third-order valence-electron chi connectivity index (χ3n) is 5.31. The van der Waals surface area contributed by atoms with Crippen molar-refractivity contribution in [3.05, 3.63) is 42.2 Å². The van der Waals surface area contributed by atoms with Gasteiger partial charge in [-0.15, -0.1) is 5.10 Å². The number of aryl methyl sites for hydroxylation is 1. The summed E-state index contributed by atoms with van der Waals surface area (Å²) in [6, 6.07) is 10.3. The zero-order chi connectivity index (χ0) is 18.4. The molecule has 0 bridgehead atoms. The lowest BCUT2D eigenvalue weighted by Crippen LogP contribution is -2.42. The number of rotatable bonds is 3. The number of aromatic nitrogens is 5. The molecule has 7 heteroatoms. The first kappa shape index (κ1) is 16.3. The van der Waals surface area contributed by atoms with Gasteiger partial charge in [0.05, 0.1) is 30.1 Å². The molecule has 1 aliphatic heterocycles. The minimum atomic E-state index is 0.268. The van der Waals surface area contributed by atoms with Crippen LogP contribution in [0.1, 0.15) is 19.0 Å². The van der Waals surface area contributed by atoms with E-state index >= 15 is 0 Å². The van der Waals surface area contributed by atoms with E-state index in [0.717, 1.165) is 65.4 Å². The summed E-state index contributed by atoms with van der Waals surface area (Å²) >= 11 is 0. The standard InChI is InChI=1S/C20H22N6O/c1-3-15-12-25(8-9-27-15)20-7-6-19-21-11-18(26(19)24-20)14-4-5-17-16(10-14)13(2)22-23-17/h4-7,10-11,15H,3,8-9,12H2,1-2H3,(H,22,23)/t15-/m0/s1. The predicted octanol–water partition coefficient (Wildman–Crippen LogP) is 3.20. The molecule has 0 aliphatic carbocycles. The van der Waals surface area contributed by atoms with E-state index < -0.39 is 0 Å². The molecule has 27 heavy (non-hydrogen) atoms. The quantitative estimate of drug-likeness (QED) is 0.606. The maximum absolute atomic E-state index is 5.79. The number of ether oxygens (including phenoxy) is 1. The van der Waals surface area contributed by atoms with Crippen LogP contribution >= 0.6 is 0 Å². The van der Waals surface area contributed by atoms with Gasteiger partial charge in [0.15, 0.2) is 5.65 Å². The summed E-state index contributed by atoms with van der Waals surface area (Å²) in [7, 11) is 0. The highest BCUT2D eigenvalue weighted by atomic mass is 16.5. The van der Waals surface area contributed by atoms with Crippen LogP contribution in [0.15, 0.2) is 36.5 Å². The third-order valence-corrected chi connectivity index (χ3v) is 5.31. The fourth-order valence-electron chi connectivity index (χ4n) is 3.70. The number of nitrogens with one attached hydrogen (secondary N) is 1. The zero-order valence-corrected chi connectivity index (χ0v) is 15.5. The average molecular weight is 362 g/mol. The second-order valence-electron chi connectivity index (χ2n) is 7.03. The number of aromatic amines is 1. The van der Waals surface area contributed by atoms with Crippen molar-refractivity contribution in [1.29, 1.82) is 0 Å². The van der Waals surface area contributed by atoms with E-state index in [2.05, 4.69) is 39.1 Å². The van der Waals surface area contributed by atoms with Crippen LogP contribution in [0, 0.1) is 6.92 Å². The molecule has 1 aliphatic rings. The van der Waals surface area contributed by atoms with Gasteiger partial charge in [-0.25, -0.2) is 9.50 Å². The third kappa shape index (κ3) is 2.75. The van der Waals surface area contributed by atoms with E-state index in [9.17, 15) is 0 Å². The molecule has 4 heterocycles. The Kier molecular flexibility index (Phi) is 3.82. The number of imidazole rings is 1. The second kappa shape index (κ2) is 6.35. The molecule has 1 atom stereocenters. The zero-order valence-electron chi connectivity index (χ0n) is 15.5. The van der Waals surface area contributed by atoms with E-state index in [-0.39, 0.29) is 6.10 Å². The summed E-state index contributed by atoms with van der Waals surface area (Å²) in [5.74, 6) is 0.962. The van der Waals surface area contributed by atoms with Crippen molar-refractivity contribution in [2.45, 2.75) is 26.4 Å². The van der Waals surface area contributed by atoms with Crippen LogP contribution in [-0.2, 0) is 4.74 Å². The first-order valence-corrected chi connectivity index (χ1v) is 9.39. The lowest BCUT2D eigenvalue weighted by molar-refractivity contribution is 0.0381. The molecule has 0 amide bonds. The molecular weight excluding hydrogens is 340 g/mol. The largest absolute Gasteiger partial charge is 0.375 e. The highest BCUT2D eigenvalue weighted by molar-refractivity contribution is 5.86. The maximum Gasteiger partial charge on any atom is 0.154 e. The number of benzene rings is 1. The Hall–Kier alpha value is -2.93. The van der Waals surface area contributed by atoms with E-state index in [0.29, 0.717) is 0 Å². The summed E-state index contributed by atoms with van der Waals surface area (Å²) in [5.41, 5.74) is 4.94. The van der Waals surface area contributed by atoms with Crippen LogP contribution in [0.5, 0.6) is 0 Å². The van der Waals surface area contributed by atoms with Gasteiger partial charge in [-0.2, -0.15) is 5.10 Å². The number of morpholine rings is 1. The minimum absolute atomic E-state index is 0.268. The van der Waals surface area contributed by atoms with Crippen LogP contribution in [0.4, 0.5) is 5.82 Å². The number of anilines is 1. The molecule has 7 nitrogen and oxygen atoms in total. The van der Waals surface area contributed by atoms with Crippen LogP contribution in [0.25, 0.3) is 27.8 Å². The number of fused-ring (bicyclic) bond motifs is 2. The van der Waals surface area contributed by atoms with E-state index in [4.69, 9.17) is 9.84 Å². The van der Waals surface area contributed by atoms with Gasteiger partial charge in [0.1, 0.15) is 5.82 Å². The van der Waals surface area contributed by atoms with E-state index in [1.165, 1.54) is 0 Å². The van der Waals surface area contributed by atoms with Gasteiger partial charge in [0.25, 0.3) is 0 Å². The highest BCUT2D eigenvalue weighted by Crippen LogP contribution is 2.26. The molecule has 3 aromatic heterocycles. The second-order valence-corrected chi connectivity index (χ2v) is 7.03. The Labute approximate surface area is 157 Å². The molecule has 0 unspecified atom stereocenters. The van der Waals surface area contributed by atoms with E-state index in [1.54, 1.807) is 0 Å². The average Bonchev–Trinajstić information content (AvgIpc) is 3.31. The fraction of sp³-hybridized carbons (Fsp3) is 0.350. The van der Waals surface area contributed by atoms with Crippen LogP contribution in [-0.4, -0.2) is 50.6 Å². The molecule has 0 saturated carbocycles. The van der Waals surface area contributed by atoms with E-state index in [1.807, 2.05) is 35.8 Å². The van der Waals surface area contributed by atoms with Gasteiger partial charge in [0.2, 0.25) is 0 Å². The van der Waals surface area contributed by atoms with Crippen molar-refractivity contribution in [1.82, 2.24) is 24.8 Å². The first-order valence-electron chi connectivity index (χ1n) is 9.39. The van der Waals surface area contributed by atoms with Crippen LogP contribution < -0.4 is 4.90 Å². The van der Waals surface area contributed by atoms with Crippen molar-refractivity contribution in [2.75, 3.05) is 24.6 Å². The Morgan fingerprint density at radius 2 is 2.19 bits per heavy atom. The Morgan fingerprint density at radius 3 is 3.07 bits per heavy atom. The lowest BCUT2D eigenvalue weighted by atomic mass is 10.1. The Morgan fingerprint density at radius 1 is 1.26 bits per heavy atom. The maximum atomic E-state index is 5.79. The van der Waals surface area contributed by atoms with Crippen LogP contribution in [0.2, 0.25) is 0 Å². The molecular formula is C20H22N6O. The topological polar surface area (TPSA) is 71.3 Å². The molecule has 0 spiro atoms. The molecule has 1 N–H and O–H groups in total. The minimum Gasteiger partial charge on any atom is -0.375 e. The molecule has 4 aromatic rings. The summed E-state index contributed by atoms with van der Waals surface area (Å²) in [6.07, 6.45) is 3.17. The van der Waals surface area contributed by atoms with Crippen molar-refractivity contribution in [2.24, 2.45) is 0 Å². The number of hydrogen-bond acceptors (Lipinski definition) is 5. The summed E-state index contributed by atoms with van der Waals surface area (Å²) in [4.78, 5) is 6.83. The SMILES string of the molecule is CC[C@H]1CN(c2ccc3ncc(-c4ccc5n[nH]c(C)c5c4)n3n2)CCO1.